The number of rotatable bonds is 4. The standard InChI is InChI=1S/C14H9F3N4O2S/c15-9-1-4-14(12(17)5-9)24(22,23)20-10-2-3-13(11(16)6-10)21-8-18-7-19-21/h1-8,20H. The van der Waals surface area contributed by atoms with E-state index in [9.17, 15) is 21.6 Å². The maximum absolute atomic E-state index is 14.1. The lowest BCUT2D eigenvalue weighted by atomic mass is 10.3. The zero-order chi connectivity index (χ0) is 17.3. The maximum atomic E-state index is 14.1. The molecule has 0 bridgehead atoms. The van der Waals surface area contributed by atoms with Gasteiger partial charge in [0.15, 0.2) is 5.82 Å². The van der Waals surface area contributed by atoms with Crippen molar-refractivity contribution in [3.8, 4) is 5.69 Å². The fourth-order valence-electron chi connectivity index (χ4n) is 1.99. The molecule has 2 aromatic carbocycles. The van der Waals surface area contributed by atoms with Gasteiger partial charge in [-0.1, -0.05) is 0 Å². The molecule has 24 heavy (non-hydrogen) atoms. The van der Waals surface area contributed by atoms with E-state index in [1.165, 1.54) is 24.8 Å². The molecule has 3 rings (SSSR count). The lowest BCUT2D eigenvalue weighted by Crippen LogP contribution is -2.15. The van der Waals surface area contributed by atoms with Gasteiger partial charge in [-0.05, 0) is 24.3 Å². The van der Waals surface area contributed by atoms with Crippen LogP contribution in [-0.4, -0.2) is 23.2 Å². The van der Waals surface area contributed by atoms with Crippen molar-refractivity contribution in [2.45, 2.75) is 4.90 Å². The van der Waals surface area contributed by atoms with Crippen molar-refractivity contribution in [1.29, 1.82) is 0 Å². The monoisotopic (exact) mass is 354 g/mol. The van der Waals surface area contributed by atoms with E-state index in [-0.39, 0.29) is 11.4 Å². The van der Waals surface area contributed by atoms with Gasteiger partial charge in [-0.15, -0.1) is 0 Å². The third-order valence-corrected chi connectivity index (χ3v) is 4.46. The minimum atomic E-state index is -4.34. The summed E-state index contributed by atoms with van der Waals surface area (Å²) in [6.45, 7) is 0. The molecule has 0 saturated carbocycles. The average molecular weight is 354 g/mol. The van der Waals surface area contributed by atoms with E-state index in [0.29, 0.717) is 6.07 Å². The first-order valence-electron chi connectivity index (χ1n) is 6.49. The minimum absolute atomic E-state index is 0.0587. The zero-order valence-corrected chi connectivity index (χ0v) is 12.6. The predicted octanol–water partition coefficient (Wildman–Crippen LogP) is 2.49. The van der Waals surface area contributed by atoms with Crippen LogP contribution >= 0.6 is 0 Å². The van der Waals surface area contributed by atoms with Gasteiger partial charge >= 0.3 is 0 Å². The topological polar surface area (TPSA) is 76.9 Å². The number of hydrogen-bond acceptors (Lipinski definition) is 4. The smallest absolute Gasteiger partial charge is 0.264 e. The second-order valence-electron chi connectivity index (χ2n) is 4.69. The van der Waals surface area contributed by atoms with E-state index in [4.69, 9.17) is 0 Å². The summed E-state index contributed by atoms with van der Waals surface area (Å²) in [6.07, 6.45) is 2.49. The second kappa shape index (κ2) is 5.96. The summed E-state index contributed by atoms with van der Waals surface area (Å²) in [6, 6.07) is 5.51. The predicted molar refractivity (Wildman–Crippen MR) is 78.5 cm³/mol. The van der Waals surface area contributed by atoms with Crippen LogP contribution in [0.3, 0.4) is 0 Å². The SMILES string of the molecule is O=S(=O)(Nc1ccc(-n2cncn2)c(F)c1)c1ccc(F)cc1F. The van der Waals surface area contributed by atoms with E-state index in [0.717, 1.165) is 22.9 Å². The van der Waals surface area contributed by atoms with Crippen molar-refractivity contribution >= 4 is 15.7 Å². The van der Waals surface area contributed by atoms with Gasteiger partial charge < -0.3 is 0 Å². The van der Waals surface area contributed by atoms with E-state index >= 15 is 0 Å². The van der Waals surface area contributed by atoms with Crippen LogP contribution in [0.15, 0.2) is 53.9 Å². The molecule has 1 heterocycles. The number of benzene rings is 2. The Labute approximate surface area is 134 Å². The third-order valence-electron chi connectivity index (χ3n) is 3.05. The van der Waals surface area contributed by atoms with Crippen LogP contribution in [0.2, 0.25) is 0 Å². The lowest BCUT2D eigenvalue weighted by molar-refractivity contribution is 0.551. The Hall–Kier alpha value is -2.88. The maximum Gasteiger partial charge on any atom is 0.264 e. The van der Waals surface area contributed by atoms with Crippen molar-refractivity contribution < 1.29 is 21.6 Å². The Morgan fingerprint density at radius 3 is 2.42 bits per heavy atom. The molecule has 0 unspecified atom stereocenters. The quantitative estimate of drug-likeness (QED) is 0.781. The fourth-order valence-corrected chi connectivity index (χ4v) is 3.10. The highest BCUT2D eigenvalue weighted by atomic mass is 32.2. The van der Waals surface area contributed by atoms with Crippen molar-refractivity contribution in [3.63, 3.8) is 0 Å². The zero-order valence-electron chi connectivity index (χ0n) is 11.8. The summed E-state index contributed by atoms with van der Waals surface area (Å²) in [5, 5.41) is 3.76. The van der Waals surface area contributed by atoms with Crippen LogP contribution in [0.1, 0.15) is 0 Å². The molecule has 0 aliphatic heterocycles. The third kappa shape index (κ3) is 3.08. The summed E-state index contributed by atoms with van der Waals surface area (Å²) >= 11 is 0. The van der Waals surface area contributed by atoms with Crippen LogP contribution in [0.5, 0.6) is 0 Å². The molecule has 1 aromatic heterocycles. The Balaban J connectivity index is 1.92. The molecular weight excluding hydrogens is 345 g/mol. The highest BCUT2D eigenvalue weighted by Crippen LogP contribution is 2.22. The molecule has 0 radical (unpaired) electrons. The molecule has 0 aliphatic carbocycles. The van der Waals surface area contributed by atoms with Crippen LogP contribution in [-0.2, 0) is 10.0 Å². The van der Waals surface area contributed by atoms with Crippen molar-refractivity contribution in [2.75, 3.05) is 4.72 Å². The van der Waals surface area contributed by atoms with Crippen molar-refractivity contribution in [2.24, 2.45) is 0 Å². The number of aromatic nitrogens is 3. The Kier molecular flexibility index (Phi) is 3.97. The van der Waals surface area contributed by atoms with E-state index in [1.807, 2.05) is 4.72 Å². The number of nitrogens with zero attached hydrogens (tertiary/aromatic N) is 3. The van der Waals surface area contributed by atoms with Crippen molar-refractivity contribution in [3.05, 3.63) is 66.5 Å². The van der Waals surface area contributed by atoms with E-state index in [2.05, 4.69) is 10.1 Å². The largest absolute Gasteiger partial charge is 0.279 e. The van der Waals surface area contributed by atoms with Gasteiger partial charge in [-0.25, -0.2) is 31.3 Å². The molecule has 0 fully saturated rings. The number of halogens is 3. The summed E-state index contributed by atoms with van der Waals surface area (Å²) in [4.78, 5) is 2.93. The minimum Gasteiger partial charge on any atom is -0.279 e. The molecule has 0 atom stereocenters. The average Bonchev–Trinajstić information content (AvgIpc) is 3.00. The van der Waals surface area contributed by atoms with Gasteiger partial charge in [0.2, 0.25) is 0 Å². The number of nitrogens with one attached hydrogen (secondary N) is 1. The first kappa shape index (κ1) is 16.0. The second-order valence-corrected chi connectivity index (χ2v) is 6.34. The summed E-state index contributed by atoms with van der Waals surface area (Å²) in [7, 11) is -4.34. The molecular formula is C14H9F3N4O2S. The number of sulfonamides is 1. The molecule has 0 aliphatic rings. The lowest BCUT2D eigenvalue weighted by Gasteiger charge is -2.10. The highest BCUT2D eigenvalue weighted by Gasteiger charge is 2.20. The molecule has 10 heteroatoms. The van der Waals surface area contributed by atoms with E-state index < -0.39 is 32.4 Å². The Morgan fingerprint density at radius 1 is 1.00 bits per heavy atom. The number of anilines is 1. The van der Waals surface area contributed by atoms with E-state index in [1.54, 1.807) is 0 Å². The molecule has 3 aromatic rings. The highest BCUT2D eigenvalue weighted by molar-refractivity contribution is 7.92. The van der Waals surface area contributed by atoms with Crippen molar-refractivity contribution in [1.82, 2.24) is 14.8 Å². The van der Waals surface area contributed by atoms with Gasteiger partial charge in [-0.2, -0.15) is 5.10 Å². The molecule has 0 amide bonds. The molecule has 6 nitrogen and oxygen atoms in total. The fraction of sp³-hybridized carbons (Fsp3) is 0. The summed E-state index contributed by atoms with van der Waals surface area (Å²) in [5.74, 6) is -2.92. The van der Waals surface area contributed by atoms with Crippen LogP contribution < -0.4 is 4.72 Å². The molecule has 0 spiro atoms. The molecule has 124 valence electrons. The van der Waals surface area contributed by atoms with Gasteiger partial charge in [0.25, 0.3) is 10.0 Å². The molecule has 0 saturated heterocycles. The summed E-state index contributed by atoms with van der Waals surface area (Å²) < 4.78 is 68.0. The van der Waals surface area contributed by atoms with Crippen LogP contribution in [0.4, 0.5) is 18.9 Å². The van der Waals surface area contributed by atoms with Gasteiger partial charge in [-0.3, -0.25) is 4.72 Å². The van der Waals surface area contributed by atoms with Gasteiger partial charge in [0.05, 0.1) is 5.69 Å². The number of hydrogen-bond donors (Lipinski definition) is 1. The Bertz CT molecular complexity index is 991. The summed E-state index contributed by atoms with van der Waals surface area (Å²) in [5.41, 5.74) is -0.0662. The first-order valence-corrected chi connectivity index (χ1v) is 7.97. The van der Waals surface area contributed by atoms with Gasteiger partial charge in [0.1, 0.15) is 34.9 Å². The Morgan fingerprint density at radius 2 is 1.79 bits per heavy atom. The first-order chi connectivity index (χ1) is 11.4. The van der Waals surface area contributed by atoms with Crippen LogP contribution in [0.25, 0.3) is 5.69 Å². The normalized spacial score (nSPS) is 11.5. The van der Waals surface area contributed by atoms with Crippen LogP contribution in [0, 0.1) is 17.5 Å². The van der Waals surface area contributed by atoms with Gasteiger partial charge in [0, 0.05) is 12.1 Å². The molecule has 1 N–H and O–H groups in total.